The smallest absolute Gasteiger partial charge is 0.276 e. The highest BCUT2D eigenvalue weighted by molar-refractivity contribution is 5.96. The molecule has 3 aliphatic rings. The summed E-state index contributed by atoms with van der Waals surface area (Å²) < 4.78 is 32.6. The Hall–Kier alpha value is -3.39. The first-order valence-corrected chi connectivity index (χ1v) is 13.7. The molecule has 39 heavy (non-hydrogen) atoms. The number of nitrogens with zero attached hydrogens (tertiary/aromatic N) is 5. The molecule has 0 bridgehead atoms. The highest BCUT2D eigenvalue weighted by atomic mass is 19.3. The van der Waals surface area contributed by atoms with E-state index in [-0.39, 0.29) is 17.5 Å². The largest absolute Gasteiger partial charge is 0.491 e. The van der Waals surface area contributed by atoms with Crippen LogP contribution >= 0.6 is 0 Å². The van der Waals surface area contributed by atoms with Gasteiger partial charge in [0.1, 0.15) is 24.0 Å². The van der Waals surface area contributed by atoms with Crippen molar-refractivity contribution in [1.29, 1.82) is 0 Å². The van der Waals surface area contributed by atoms with Crippen molar-refractivity contribution in [2.75, 3.05) is 32.1 Å². The Morgan fingerprint density at radius 3 is 2.64 bits per heavy atom. The van der Waals surface area contributed by atoms with E-state index in [4.69, 9.17) is 14.7 Å². The second kappa shape index (κ2) is 9.97. The molecule has 0 fully saturated rings. The van der Waals surface area contributed by atoms with Gasteiger partial charge in [-0.1, -0.05) is 32.0 Å². The van der Waals surface area contributed by atoms with Gasteiger partial charge in [-0.25, -0.2) is 18.7 Å². The molecule has 1 aliphatic carbocycles. The molecule has 204 valence electrons. The molecule has 1 aromatic heterocycles. The topological polar surface area (TPSA) is 53.9 Å². The lowest BCUT2D eigenvalue weighted by Gasteiger charge is -2.34. The minimum atomic E-state index is -2.52. The Balaban J connectivity index is 1.35. The molecule has 0 N–H and O–H groups in total. The fourth-order valence-electron chi connectivity index (χ4n) is 5.86. The van der Waals surface area contributed by atoms with Crippen LogP contribution in [0.5, 0.6) is 5.75 Å². The van der Waals surface area contributed by atoms with Crippen LogP contribution in [0.1, 0.15) is 48.5 Å². The van der Waals surface area contributed by atoms with Gasteiger partial charge in [0.05, 0.1) is 24.5 Å². The van der Waals surface area contributed by atoms with E-state index in [2.05, 4.69) is 34.7 Å². The Morgan fingerprint density at radius 2 is 1.85 bits per heavy atom. The van der Waals surface area contributed by atoms with E-state index < -0.39 is 6.43 Å². The molecule has 0 amide bonds. The number of hydrogen-bond acceptors (Lipinski definition) is 6. The number of aryl methyl sites for hydroxylation is 1. The highest BCUT2D eigenvalue weighted by Gasteiger charge is 2.32. The Kier molecular flexibility index (Phi) is 6.61. The minimum absolute atomic E-state index is 0.0573. The quantitative estimate of drug-likeness (QED) is 0.404. The molecule has 0 spiro atoms. The molecule has 3 heterocycles. The fourth-order valence-corrected chi connectivity index (χ4v) is 5.86. The number of ether oxygens (including phenoxy) is 1. The zero-order valence-corrected chi connectivity index (χ0v) is 23.1. The summed E-state index contributed by atoms with van der Waals surface area (Å²) in [5.74, 6) is 2.75. The van der Waals surface area contributed by atoms with E-state index in [9.17, 15) is 8.78 Å². The Morgan fingerprint density at radius 1 is 1.05 bits per heavy atom. The third-order valence-corrected chi connectivity index (χ3v) is 7.91. The second-order valence-electron chi connectivity index (χ2n) is 12.0. The third kappa shape index (κ3) is 5.26. The normalized spacial score (nSPS) is 17.8. The van der Waals surface area contributed by atoms with Gasteiger partial charge in [-0.2, -0.15) is 0 Å². The number of anilines is 1. The maximum atomic E-state index is 13.2. The van der Waals surface area contributed by atoms with Crippen LogP contribution in [0.15, 0.2) is 41.4 Å². The van der Waals surface area contributed by atoms with Crippen molar-refractivity contribution in [2.24, 2.45) is 10.4 Å². The van der Waals surface area contributed by atoms with Crippen LogP contribution in [0.4, 0.5) is 20.3 Å². The van der Waals surface area contributed by atoms with Crippen LogP contribution in [-0.4, -0.2) is 54.3 Å². The molecule has 3 aromatic rings. The average molecular weight is 532 g/mol. The van der Waals surface area contributed by atoms with Crippen LogP contribution in [-0.2, 0) is 32.4 Å². The van der Waals surface area contributed by atoms with Crippen molar-refractivity contribution in [1.82, 2.24) is 14.9 Å². The summed E-state index contributed by atoms with van der Waals surface area (Å²) in [4.78, 5) is 18.7. The monoisotopic (exact) mass is 531 g/mol. The van der Waals surface area contributed by atoms with Crippen LogP contribution in [0.2, 0.25) is 0 Å². The number of aromatic nitrogens is 2. The van der Waals surface area contributed by atoms with Crippen molar-refractivity contribution < 1.29 is 13.5 Å². The molecule has 0 atom stereocenters. The van der Waals surface area contributed by atoms with Gasteiger partial charge in [0.25, 0.3) is 6.43 Å². The molecule has 6 nitrogen and oxygen atoms in total. The maximum absolute atomic E-state index is 13.2. The van der Waals surface area contributed by atoms with E-state index in [1.807, 2.05) is 44.4 Å². The van der Waals surface area contributed by atoms with E-state index in [0.29, 0.717) is 25.4 Å². The molecule has 0 saturated carbocycles. The van der Waals surface area contributed by atoms with Crippen LogP contribution in [0, 0.1) is 5.41 Å². The number of aliphatic imine (C=N–C) groups is 1. The minimum Gasteiger partial charge on any atom is -0.491 e. The molecule has 0 radical (unpaired) electrons. The summed E-state index contributed by atoms with van der Waals surface area (Å²) in [7, 11) is 4.09. The molecular weight excluding hydrogens is 496 g/mol. The average Bonchev–Trinajstić information content (AvgIpc) is 3.20. The summed E-state index contributed by atoms with van der Waals surface area (Å²) in [6, 6.07) is 12.0. The number of hydrogen-bond donors (Lipinski definition) is 0. The fraction of sp³-hybridized carbons (Fsp3) is 0.452. The summed E-state index contributed by atoms with van der Waals surface area (Å²) >= 11 is 0. The van der Waals surface area contributed by atoms with Gasteiger partial charge in [0.2, 0.25) is 0 Å². The molecule has 2 aromatic carbocycles. The van der Waals surface area contributed by atoms with Crippen molar-refractivity contribution in [3.05, 3.63) is 64.6 Å². The van der Waals surface area contributed by atoms with Crippen molar-refractivity contribution in [3.63, 3.8) is 0 Å². The summed E-state index contributed by atoms with van der Waals surface area (Å²) in [5.41, 5.74) is 7.14. The van der Waals surface area contributed by atoms with Crippen molar-refractivity contribution in [3.8, 4) is 16.9 Å². The standard InChI is InChI=1S/C31H35F2N5O/c1-31(2)10-9-24-23(16-31)30(36-28(35-24)18-37(3)4)38-11-12-39-27-8-7-19(13-22(27)17-38)20-5-6-21-15-26(29(32)33)34-25(21)14-20/h5-8,13-14,29H,9-12,15-18H2,1-4H3. The summed E-state index contributed by atoms with van der Waals surface area (Å²) in [5, 5.41) is 0. The Bertz CT molecular complexity index is 1450. The van der Waals surface area contributed by atoms with Crippen molar-refractivity contribution >= 4 is 17.2 Å². The lowest BCUT2D eigenvalue weighted by molar-refractivity contribution is 0.224. The van der Waals surface area contributed by atoms with Crippen molar-refractivity contribution in [2.45, 2.75) is 59.0 Å². The molecule has 8 heteroatoms. The summed E-state index contributed by atoms with van der Waals surface area (Å²) in [6.07, 6.45) is 0.748. The van der Waals surface area contributed by atoms with Gasteiger partial charge in [0, 0.05) is 29.8 Å². The van der Waals surface area contributed by atoms with E-state index >= 15 is 0 Å². The van der Waals surface area contributed by atoms with Gasteiger partial charge in [-0.05, 0) is 73.7 Å². The van der Waals surface area contributed by atoms with E-state index in [0.717, 1.165) is 65.5 Å². The van der Waals surface area contributed by atoms with Gasteiger partial charge >= 0.3 is 0 Å². The molecular formula is C31H35F2N5O. The van der Waals surface area contributed by atoms with E-state index in [1.165, 1.54) is 11.3 Å². The zero-order chi connectivity index (χ0) is 27.3. The van der Waals surface area contributed by atoms with Gasteiger partial charge in [-0.15, -0.1) is 0 Å². The molecule has 0 saturated heterocycles. The van der Waals surface area contributed by atoms with E-state index in [1.54, 1.807) is 0 Å². The zero-order valence-electron chi connectivity index (χ0n) is 23.1. The lowest BCUT2D eigenvalue weighted by atomic mass is 9.76. The number of halogens is 2. The third-order valence-electron chi connectivity index (χ3n) is 7.91. The van der Waals surface area contributed by atoms with Crippen LogP contribution in [0.3, 0.4) is 0 Å². The predicted molar refractivity (Wildman–Crippen MR) is 150 cm³/mol. The first-order chi connectivity index (χ1) is 18.6. The Labute approximate surface area is 228 Å². The van der Waals surface area contributed by atoms with Crippen LogP contribution in [0.25, 0.3) is 11.1 Å². The summed E-state index contributed by atoms with van der Waals surface area (Å²) in [6.45, 7) is 7.33. The second-order valence-corrected chi connectivity index (χ2v) is 12.0. The number of fused-ring (bicyclic) bond motifs is 3. The SMILES string of the molecule is CN(C)Cc1nc2c(c(N3CCOc4ccc(-c5ccc6c(c5)N=C(C(F)F)C6)cc4C3)n1)CC(C)(C)CC2. The van der Waals surface area contributed by atoms with Crippen LogP contribution < -0.4 is 9.64 Å². The maximum Gasteiger partial charge on any atom is 0.276 e. The predicted octanol–water partition coefficient (Wildman–Crippen LogP) is 6.01. The number of rotatable bonds is 5. The molecule has 2 aliphatic heterocycles. The van der Waals surface area contributed by atoms with Gasteiger partial charge < -0.3 is 14.5 Å². The van der Waals surface area contributed by atoms with Gasteiger partial charge in [0.15, 0.2) is 0 Å². The number of benzene rings is 2. The highest BCUT2D eigenvalue weighted by Crippen LogP contribution is 2.40. The molecule has 0 unspecified atom stereocenters. The van der Waals surface area contributed by atoms with Gasteiger partial charge in [-0.3, -0.25) is 4.99 Å². The first kappa shape index (κ1) is 25.9. The number of alkyl halides is 2. The lowest BCUT2D eigenvalue weighted by Crippen LogP contribution is -2.32. The first-order valence-electron chi connectivity index (χ1n) is 13.7. The molecule has 6 rings (SSSR count).